The van der Waals surface area contributed by atoms with Gasteiger partial charge in [-0.3, -0.25) is 4.79 Å². The van der Waals surface area contributed by atoms with Crippen LogP contribution in [0, 0.1) is 0 Å². The van der Waals surface area contributed by atoms with Crippen molar-refractivity contribution >= 4 is 11.9 Å². The molecule has 1 fully saturated rings. The number of tetrazole rings is 1. The van der Waals surface area contributed by atoms with Gasteiger partial charge in [-0.05, 0) is 17.4 Å². The summed E-state index contributed by atoms with van der Waals surface area (Å²) < 4.78 is 11.1. The van der Waals surface area contributed by atoms with E-state index in [4.69, 9.17) is 9.47 Å². The predicted octanol–water partition coefficient (Wildman–Crippen LogP) is -1.29. The van der Waals surface area contributed by atoms with Gasteiger partial charge in [-0.2, -0.15) is 0 Å². The number of carbonyl (C=O) groups is 2. The van der Waals surface area contributed by atoms with E-state index in [9.17, 15) is 9.59 Å². The number of ether oxygens (including phenoxy) is 2. The summed E-state index contributed by atoms with van der Waals surface area (Å²) in [6, 6.07) is 0. The van der Waals surface area contributed by atoms with Gasteiger partial charge in [0.25, 0.3) is 5.82 Å². The van der Waals surface area contributed by atoms with Crippen LogP contribution < -0.4 is 0 Å². The molecule has 0 saturated carbocycles. The average Bonchev–Trinajstić information content (AvgIpc) is 2.88. The Morgan fingerprint density at radius 2 is 2.11 bits per heavy atom. The van der Waals surface area contributed by atoms with Crippen LogP contribution in [-0.2, 0) is 20.8 Å². The van der Waals surface area contributed by atoms with E-state index in [2.05, 4.69) is 15.5 Å². The van der Waals surface area contributed by atoms with Crippen molar-refractivity contribution in [1.29, 1.82) is 0 Å². The summed E-state index contributed by atoms with van der Waals surface area (Å²) in [5.41, 5.74) is 0. The molecule has 0 radical (unpaired) electrons. The number of morpholine rings is 1. The molecule has 1 aromatic heterocycles. The number of hydrogen-bond donors (Lipinski definition) is 0. The van der Waals surface area contributed by atoms with Crippen molar-refractivity contribution in [2.45, 2.75) is 13.5 Å². The lowest BCUT2D eigenvalue weighted by Crippen LogP contribution is -2.42. The molecule has 9 heteroatoms. The summed E-state index contributed by atoms with van der Waals surface area (Å²) in [7, 11) is 0. The molecule has 0 spiro atoms. The third-order valence-corrected chi connectivity index (χ3v) is 2.64. The first-order chi connectivity index (χ1) is 9.22. The highest BCUT2D eigenvalue weighted by Gasteiger charge is 2.22. The zero-order valence-electron chi connectivity index (χ0n) is 10.6. The van der Waals surface area contributed by atoms with Crippen LogP contribution in [0.2, 0.25) is 0 Å². The second-order valence-electron chi connectivity index (χ2n) is 3.87. The fourth-order valence-electron chi connectivity index (χ4n) is 1.69. The number of nitrogens with zero attached hydrogens (tertiary/aromatic N) is 5. The van der Waals surface area contributed by atoms with Crippen LogP contribution in [0.3, 0.4) is 0 Å². The lowest BCUT2D eigenvalue weighted by molar-refractivity contribution is -0.136. The number of rotatable bonds is 4. The van der Waals surface area contributed by atoms with Crippen molar-refractivity contribution in [3.05, 3.63) is 5.82 Å². The van der Waals surface area contributed by atoms with Crippen molar-refractivity contribution in [3.8, 4) is 0 Å². The fraction of sp³-hybridized carbons (Fsp3) is 0.700. The molecule has 1 aliphatic heterocycles. The normalized spacial score (nSPS) is 15.3. The quantitative estimate of drug-likeness (QED) is 0.627. The summed E-state index contributed by atoms with van der Waals surface area (Å²) in [4.78, 5) is 25.2. The largest absolute Gasteiger partial charge is 0.460 e. The molecule has 0 N–H and O–H groups in total. The van der Waals surface area contributed by atoms with Crippen molar-refractivity contribution < 1.29 is 19.1 Å². The molecule has 0 atom stereocenters. The highest BCUT2D eigenvalue weighted by atomic mass is 16.5. The van der Waals surface area contributed by atoms with Gasteiger partial charge in [-0.15, -0.1) is 5.10 Å². The average molecular weight is 269 g/mol. The van der Waals surface area contributed by atoms with Crippen LogP contribution in [0.25, 0.3) is 0 Å². The van der Waals surface area contributed by atoms with Crippen LogP contribution in [-0.4, -0.2) is 69.9 Å². The molecule has 9 nitrogen and oxygen atoms in total. The Balaban J connectivity index is 2.00. The van der Waals surface area contributed by atoms with Gasteiger partial charge in [0.1, 0.15) is 6.54 Å². The zero-order chi connectivity index (χ0) is 13.7. The first kappa shape index (κ1) is 13.4. The molecule has 0 bridgehead atoms. The second kappa shape index (κ2) is 6.23. The third kappa shape index (κ3) is 3.25. The molecule has 104 valence electrons. The molecule has 1 amide bonds. The van der Waals surface area contributed by atoms with E-state index in [0.717, 1.165) is 4.68 Å². The van der Waals surface area contributed by atoms with E-state index in [0.29, 0.717) is 26.3 Å². The van der Waals surface area contributed by atoms with E-state index in [-0.39, 0.29) is 24.9 Å². The molecule has 1 aliphatic rings. The zero-order valence-corrected chi connectivity index (χ0v) is 10.6. The Morgan fingerprint density at radius 3 is 2.79 bits per heavy atom. The lowest BCUT2D eigenvalue weighted by atomic mass is 10.4. The highest BCUT2D eigenvalue weighted by molar-refractivity contribution is 5.86. The molecule has 1 saturated heterocycles. The predicted molar refractivity (Wildman–Crippen MR) is 61.2 cm³/mol. The summed E-state index contributed by atoms with van der Waals surface area (Å²) in [5.74, 6) is -0.855. The van der Waals surface area contributed by atoms with Gasteiger partial charge in [-0.25, -0.2) is 9.48 Å². The van der Waals surface area contributed by atoms with Crippen molar-refractivity contribution in [1.82, 2.24) is 25.1 Å². The molecule has 2 heterocycles. The molecule has 0 aromatic carbocycles. The Hall–Kier alpha value is -2.03. The van der Waals surface area contributed by atoms with Crippen molar-refractivity contribution in [2.75, 3.05) is 32.9 Å². The Bertz CT molecular complexity index is 455. The summed E-state index contributed by atoms with van der Waals surface area (Å²) in [5, 5.41) is 10.6. The Labute approximate surface area is 109 Å². The van der Waals surface area contributed by atoms with Gasteiger partial charge >= 0.3 is 5.97 Å². The smallest absolute Gasteiger partial charge is 0.378 e. The van der Waals surface area contributed by atoms with Gasteiger partial charge in [0.15, 0.2) is 0 Å². The Kier molecular flexibility index (Phi) is 4.39. The van der Waals surface area contributed by atoms with Crippen LogP contribution in [0.5, 0.6) is 0 Å². The van der Waals surface area contributed by atoms with E-state index in [1.54, 1.807) is 11.8 Å². The highest BCUT2D eigenvalue weighted by Crippen LogP contribution is 2.01. The summed E-state index contributed by atoms with van der Waals surface area (Å²) in [6.45, 7) is 3.94. The van der Waals surface area contributed by atoms with E-state index in [1.807, 2.05) is 0 Å². The monoisotopic (exact) mass is 269 g/mol. The van der Waals surface area contributed by atoms with Crippen LogP contribution in [0.4, 0.5) is 0 Å². The Morgan fingerprint density at radius 1 is 1.37 bits per heavy atom. The number of carbonyl (C=O) groups excluding carboxylic acids is 2. The maximum Gasteiger partial charge on any atom is 0.378 e. The number of esters is 1. The van der Waals surface area contributed by atoms with Gasteiger partial charge < -0.3 is 14.4 Å². The molecular formula is C10H15N5O4. The SMILES string of the molecule is CCOC(=O)c1nnnn1CC(=O)N1CCOCC1. The van der Waals surface area contributed by atoms with E-state index >= 15 is 0 Å². The topological polar surface area (TPSA) is 99.4 Å². The van der Waals surface area contributed by atoms with E-state index < -0.39 is 5.97 Å². The van der Waals surface area contributed by atoms with Gasteiger partial charge in [-0.1, -0.05) is 0 Å². The number of aromatic nitrogens is 4. The molecule has 19 heavy (non-hydrogen) atoms. The third-order valence-electron chi connectivity index (χ3n) is 2.64. The minimum atomic E-state index is -0.637. The minimum absolute atomic E-state index is 0.0662. The van der Waals surface area contributed by atoms with Crippen LogP contribution in [0.15, 0.2) is 0 Å². The summed E-state index contributed by atoms with van der Waals surface area (Å²) in [6.07, 6.45) is 0. The maximum atomic E-state index is 12.0. The minimum Gasteiger partial charge on any atom is -0.460 e. The first-order valence-electron chi connectivity index (χ1n) is 6.01. The van der Waals surface area contributed by atoms with E-state index in [1.165, 1.54) is 0 Å². The maximum absolute atomic E-state index is 12.0. The molecule has 0 unspecified atom stereocenters. The standard InChI is InChI=1S/C10H15N5O4/c1-2-19-10(17)9-11-12-13-15(9)7-8(16)14-3-5-18-6-4-14/h2-7H2,1H3. The van der Waals surface area contributed by atoms with Gasteiger partial charge in [0, 0.05) is 13.1 Å². The molecular weight excluding hydrogens is 254 g/mol. The molecule has 0 aliphatic carbocycles. The fourth-order valence-corrected chi connectivity index (χ4v) is 1.69. The molecule has 1 aromatic rings. The second-order valence-corrected chi connectivity index (χ2v) is 3.87. The van der Waals surface area contributed by atoms with Crippen molar-refractivity contribution in [2.24, 2.45) is 0 Å². The van der Waals surface area contributed by atoms with Crippen LogP contribution >= 0.6 is 0 Å². The van der Waals surface area contributed by atoms with Crippen molar-refractivity contribution in [3.63, 3.8) is 0 Å². The first-order valence-corrected chi connectivity index (χ1v) is 6.01. The lowest BCUT2D eigenvalue weighted by Gasteiger charge is -2.26. The summed E-state index contributed by atoms with van der Waals surface area (Å²) >= 11 is 0. The van der Waals surface area contributed by atoms with Gasteiger partial charge in [0.2, 0.25) is 5.91 Å². The number of hydrogen-bond acceptors (Lipinski definition) is 7. The molecule has 2 rings (SSSR count). The van der Waals surface area contributed by atoms with Crippen LogP contribution in [0.1, 0.15) is 17.5 Å². The van der Waals surface area contributed by atoms with Gasteiger partial charge in [0.05, 0.1) is 19.8 Å². The number of amides is 1.